The molecule has 2 bridgehead atoms. The summed E-state index contributed by atoms with van der Waals surface area (Å²) in [5, 5.41) is 0. The molecule has 3 aliphatic heterocycles. The highest BCUT2D eigenvalue weighted by atomic mass is 19.3. The lowest BCUT2D eigenvalue weighted by Crippen LogP contribution is -2.57. The molecule has 0 aromatic carbocycles. The molecule has 0 aliphatic carbocycles. The average molecular weight is 255 g/mol. The van der Waals surface area contributed by atoms with E-state index in [9.17, 15) is 8.78 Å². The number of hydrogen-bond acceptors (Lipinski definition) is 5. The second-order valence-corrected chi connectivity index (χ2v) is 4.72. The molecule has 3 saturated heterocycles. The fourth-order valence-electron chi connectivity index (χ4n) is 2.62. The Bertz CT molecular complexity index is 445. The molecular weight excluding hydrogens is 240 g/mol. The molecule has 18 heavy (non-hydrogen) atoms. The highest BCUT2D eigenvalue weighted by Gasteiger charge is 2.35. The van der Waals surface area contributed by atoms with E-state index in [1.807, 2.05) is 0 Å². The van der Waals surface area contributed by atoms with Gasteiger partial charge in [0.05, 0.1) is 17.9 Å². The first-order valence-electron chi connectivity index (χ1n) is 6.02. The molecule has 4 rings (SSSR count). The number of piperazine rings is 3. The van der Waals surface area contributed by atoms with Gasteiger partial charge in [0.25, 0.3) is 6.43 Å². The third kappa shape index (κ3) is 1.93. The topological polar surface area (TPSA) is 58.3 Å². The third-order valence-corrected chi connectivity index (χ3v) is 3.65. The number of nitrogens with zero attached hydrogens (tertiary/aromatic N) is 4. The number of nitrogens with two attached hydrogens (primary N) is 1. The van der Waals surface area contributed by atoms with E-state index in [4.69, 9.17) is 5.73 Å². The lowest BCUT2D eigenvalue weighted by Gasteiger charge is -2.46. The third-order valence-electron chi connectivity index (χ3n) is 3.65. The van der Waals surface area contributed by atoms with Crippen LogP contribution in [0.1, 0.15) is 24.0 Å². The first kappa shape index (κ1) is 11.7. The summed E-state index contributed by atoms with van der Waals surface area (Å²) in [7, 11) is 0. The number of hydrogen-bond donors (Lipinski definition) is 1. The highest BCUT2D eigenvalue weighted by Crippen LogP contribution is 2.29. The van der Waals surface area contributed by atoms with Crippen LogP contribution in [0.3, 0.4) is 0 Å². The van der Waals surface area contributed by atoms with Crippen molar-refractivity contribution in [1.82, 2.24) is 19.8 Å². The van der Waals surface area contributed by atoms with Crippen molar-refractivity contribution >= 4 is 5.69 Å². The van der Waals surface area contributed by atoms with Crippen molar-refractivity contribution < 1.29 is 8.78 Å². The van der Waals surface area contributed by atoms with Gasteiger partial charge < -0.3 is 5.73 Å². The molecule has 4 heterocycles. The van der Waals surface area contributed by atoms with Crippen molar-refractivity contribution in [3.05, 3.63) is 17.7 Å². The molecule has 1 atom stereocenters. The van der Waals surface area contributed by atoms with Gasteiger partial charge in [-0.25, -0.2) is 18.7 Å². The van der Waals surface area contributed by atoms with E-state index in [-0.39, 0.29) is 17.4 Å². The molecule has 1 aromatic heterocycles. The minimum atomic E-state index is -2.65. The molecule has 98 valence electrons. The summed E-state index contributed by atoms with van der Waals surface area (Å²) in [5.74, 6) is 0.462. The molecule has 3 aliphatic rings. The summed E-state index contributed by atoms with van der Waals surface area (Å²) >= 11 is 0. The normalized spacial score (nSPS) is 30.9. The summed E-state index contributed by atoms with van der Waals surface area (Å²) in [5.41, 5.74) is 5.08. The number of nitrogen functional groups attached to an aromatic ring is 1. The van der Waals surface area contributed by atoms with Gasteiger partial charge in [0.2, 0.25) is 0 Å². The minimum absolute atomic E-state index is 0.0191. The van der Waals surface area contributed by atoms with Crippen LogP contribution in [-0.2, 0) is 0 Å². The van der Waals surface area contributed by atoms with Crippen molar-refractivity contribution in [2.24, 2.45) is 0 Å². The molecule has 0 radical (unpaired) electrons. The number of halogens is 2. The van der Waals surface area contributed by atoms with Crippen molar-refractivity contribution in [1.29, 1.82) is 0 Å². The van der Waals surface area contributed by atoms with Gasteiger partial charge in [-0.1, -0.05) is 0 Å². The monoisotopic (exact) mass is 255 g/mol. The zero-order valence-corrected chi connectivity index (χ0v) is 9.89. The summed E-state index contributed by atoms with van der Waals surface area (Å²) < 4.78 is 25.5. The summed E-state index contributed by atoms with van der Waals surface area (Å²) in [6.45, 7) is 4.78. The van der Waals surface area contributed by atoms with Gasteiger partial charge in [-0.05, 0) is 0 Å². The van der Waals surface area contributed by atoms with Crippen LogP contribution in [0.5, 0.6) is 0 Å². The average Bonchev–Trinajstić information content (AvgIpc) is 2.40. The smallest absolute Gasteiger partial charge is 0.282 e. The van der Waals surface area contributed by atoms with Gasteiger partial charge in [-0.3, -0.25) is 9.80 Å². The number of alkyl halides is 2. The zero-order valence-electron chi connectivity index (χ0n) is 9.89. The second-order valence-electron chi connectivity index (χ2n) is 4.72. The lowest BCUT2D eigenvalue weighted by atomic mass is 10.1. The van der Waals surface area contributed by atoms with Crippen LogP contribution in [0.15, 0.2) is 6.20 Å². The minimum Gasteiger partial charge on any atom is -0.396 e. The summed E-state index contributed by atoms with van der Waals surface area (Å²) in [6, 6.07) is 0.0191. The van der Waals surface area contributed by atoms with Gasteiger partial charge in [0.15, 0.2) is 0 Å². The van der Waals surface area contributed by atoms with Gasteiger partial charge in [-0.15, -0.1) is 0 Å². The Morgan fingerprint density at radius 3 is 2.56 bits per heavy atom. The van der Waals surface area contributed by atoms with Crippen molar-refractivity contribution in [3.8, 4) is 0 Å². The molecule has 0 spiro atoms. The van der Waals surface area contributed by atoms with Gasteiger partial charge in [0.1, 0.15) is 11.5 Å². The number of fused-ring (bicyclic) bond motifs is 3. The molecule has 0 saturated carbocycles. The maximum atomic E-state index is 12.8. The molecular formula is C11H15F2N5. The van der Waals surface area contributed by atoms with E-state index < -0.39 is 6.43 Å². The van der Waals surface area contributed by atoms with Crippen LogP contribution in [0.2, 0.25) is 0 Å². The first-order valence-corrected chi connectivity index (χ1v) is 6.02. The fourth-order valence-corrected chi connectivity index (χ4v) is 2.62. The zero-order chi connectivity index (χ0) is 12.7. The Morgan fingerprint density at radius 2 is 2.00 bits per heavy atom. The van der Waals surface area contributed by atoms with Crippen molar-refractivity contribution in [2.75, 3.05) is 38.5 Å². The molecule has 1 aromatic rings. The maximum Gasteiger partial charge on any atom is 0.282 e. The predicted molar refractivity (Wildman–Crippen MR) is 62.2 cm³/mol. The standard InChI is InChI=1S/C11H15F2N5/c12-10(13)9-7(14)5-15-11(16-9)8-6-17-1-3-18(8)4-2-17/h5,8,10H,1-4,6,14H2. The Morgan fingerprint density at radius 1 is 1.28 bits per heavy atom. The van der Waals surface area contributed by atoms with E-state index in [0.29, 0.717) is 5.82 Å². The largest absolute Gasteiger partial charge is 0.396 e. The quantitative estimate of drug-likeness (QED) is 0.841. The molecule has 2 N–H and O–H groups in total. The van der Waals surface area contributed by atoms with Gasteiger partial charge in [-0.2, -0.15) is 0 Å². The predicted octanol–water partition coefficient (Wildman–Crippen LogP) is 0.669. The molecule has 1 unspecified atom stereocenters. The summed E-state index contributed by atoms with van der Waals surface area (Å²) in [4.78, 5) is 12.6. The van der Waals surface area contributed by atoms with E-state index in [2.05, 4.69) is 19.8 Å². The SMILES string of the molecule is Nc1cnc(C2CN3CCN2CC3)nc1C(F)F. The number of anilines is 1. The Hall–Kier alpha value is -1.34. The van der Waals surface area contributed by atoms with E-state index in [1.54, 1.807) is 0 Å². The Labute approximate surface area is 104 Å². The van der Waals surface area contributed by atoms with Crippen LogP contribution in [-0.4, -0.2) is 52.5 Å². The fraction of sp³-hybridized carbons (Fsp3) is 0.636. The number of rotatable bonds is 2. The van der Waals surface area contributed by atoms with Crippen molar-refractivity contribution in [3.63, 3.8) is 0 Å². The second kappa shape index (κ2) is 4.40. The molecule has 0 amide bonds. The van der Waals surface area contributed by atoms with Crippen LogP contribution < -0.4 is 5.73 Å². The van der Waals surface area contributed by atoms with Crippen LogP contribution >= 0.6 is 0 Å². The molecule has 7 heteroatoms. The van der Waals surface area contributed by atoms with Gasteiger partial charge in [0, 0.05) is 32.7 Å². The maximum absolute atomic E-state index is 12.8. The molecule has 3 fully saturated rings. The van der Waals surface area contributed by atoms with Crippen LogP contribution in [0.4, 0.5) is 14.5 Å². The van der Waals surface area contributed by atoms with Crippen LogP contribution in [0.25, 0.3) is 0 Å². The summed E-state index contributed by atoms with van der Waals surface area (Å²) in [6.07, 6.45) is -1.36. The van der Waals surface area contributed by atoms with Crippen molar-refractivity contribution in [2.45, 2.75) is 12.5 Å². The van der Waals surface area contributed by atoms with Crippen LogP contribution in [0, 0.1) is 0 Å². The van der Waals surface area contributed by atoms with E-state index in [1.165, 1.54) is 6.20 Å². The Kier molecular flexibility index (Phi) is 2.87. The lowest BCUT2D eigenvalue weighted by molar-refractivity contribution is 0.00824. The Balaban J connectivity index is 1.90. The van der Waals surface area contributed by atoms with E-state index >= 15 is 0 Å². The van der Waals surface area contributed by atoms with E-state index in [0.717, 1.165) is 32.7 Å². The number of aromatic nitrogens is 2. The van der Waals surface area contributed by atoms with Gasteiger partial charge >= 0.3 is 0 Å². The molecule has 5 nitrogen and oxygen atoms in total. The first-order chi connectivity index (χ1) is 8.65. The highest BCUT2D eigenvalue weighted by molar-refractivity contribution is 5.41.